The van der Waals surface area contributed by atoms with Crippen LogP contribution in [0.5, 0.6) is 0 Å². The monoisotopic (exact) mass is 400 g/mol. The number of nitrogens with one attached hydrogen (secondary N) is 1. The van der Waals surface area contributed by atoms with Gasteiger partial charge in [0.25, 0.3) is 0 Å². The van der Waals surface area contributed by atoms with Crippen LogP contribution in [0.2, 0.25) is 0 Å². The highest BCUT2D eigenvalue weighted by molar-refractivity contribution is 5.74. The molecule has 0 saturated carbocycles. The summed E-state index contributed by atoms with van der Waals surface area (Å²) in [7, 11) is 0. The molecule has 0 aliphatic carbocycles. The summed E-state index contributed by atoms with van der Waals surface area (Å²) in [5.41, 5.74) is 4.05. The number of carbonyl (C=O) groups excluding carboxylic acids is 2. The van der Waals surface area contributed by atoms with Crippen molar-refractivity contribution in [3.63, 3.8) is 0 Å². The Labute approximate surface area is 171 Å². The number of aliphatic hydroxyl groups excluding tert-OH is 1. The maximum atomic E-state index is 12.6. The molecule has 0 radical (unpaired) electrons. The molecule has 7 heteroatoms. The molecule has 2 aromatic rings. The van der Waals surface area contributed by atoms with Gasteiger partial charge in [0.2, 0.25) is 0 Å². The fraction of sp³-hybridized carbons (Fsp3) is 0.364. The van der Waals surface area contributed by atoms with Crippen LogP contribution in [0.25, 0.3) is 0 Å². The molecule has 1 atom stereocenters. The zero-order valence-corrected chi connectivity index (χ0v) is 16.8. The summed E-state index contributed by atoms with van der Waals surface area (Å²) in [6.07, 6.45) is -1.08. The molecule has 0 saturated heterocycles. The molecular weight excluding hydrogens is 372 g/mol. The van der Waals surface area contributed by atoms with Crippen molar-refractivity contribution in [1.29, 1.82) is 0 Å². The van der Waals surface area contributed by atoms with Gasteiger partial charge < -0.3 is 14.6 Å². The lowest BCUT2D eigenvalue weighted by molar-refractivity contribution is 0.0269. The van der Waals surface area contributed by atoms with Gasteiger partial charge in [-0.1, -0.05) is 74.5 Å². The van der Waals surface area contributed by atoms with Crippen LogP contribution in [0.1, 0.15) is 31.4 Å². The predicted molar refractivity (Wildman–Crippen MR) is 109 cm³/mol. The van der Waals surface area contributed by atoms with E-state index in [1.165, 1.54) is 0 Å². The molecule has 0 aliphatic heterocycles. The van der Waals surface area contributed by atoms with Gasteiger partial charge in [0.15, 0.2) is 0 Å². The summed E-state index contributed by atoms with van der Waals surface area (Å²) in [6, 6.07) is 17.8. The molecule has 156 valence electrons. The standard InChI is InChI=1S/C22H28N2O5/c1-17(2)13-20(14-25)24(22(27)29-16-19-11-7-4-8-12-19)23-21(26)28-15-18-9-5-3-6-10-18/h3-12,17,20,25H,13-16H2,1-2H3,(H,23,26)/t20-/m0/s1. The van der Waals surface area contributed by atoms with E-state index in [2.05, 4.69) is 5.43 Å². The number of hydrogen-bond donors (Lipinski definition) is 2. The smallest absolute Gasteiger partial charge is 0.429 e. The summed E-state index contributed by atoms with van der Waals surface area (Å²) < 4.78 is 10.5. The first-order valence-electron chi connectivity index (χ1n) is 9.57. The fourth-order valence-electron chi connectivity index (χ4n) is 2.73. The molecule has 0 unspecified atom stereocenters. The molecule has 2 amide bonds. The Morgan fingerprint density at radius 2 is 1.45 bits per heavy atom. The van der Waals surface area contributed by atoms with Gasteiger partial charge in [-0.3, -0.25) is 0 Å². The molecular formula is C22H28N2O5. The molecule has 0 aliphatic rings. The Bertz CT molecular complexity index is 752. The normalized spacial score (nSPS) is 11.6. The first-order chi connectivity index (χ1) is 14.0. The van der Waals surface area contributed by atoms with Crippen molar-refractivity contribution in [2.45, 2.75) is 39.5 Å². The van der Waals surface area contributed by atoms with Gasteiger partial charge in [-0.15, -0.1) is 0 Å². The summed E-state index contributed by atoms with van der Waals surface area (Å²) >= 11 is 0. The highest BCUT2D eigenvalue weighted by Gasteiger charge is 2.28. The molecule has 7 nitrogen and oxygen atoms in total. The zero-order chi connectivity index (χ0) is 21.1. The molecule has 0 fully saturated rings. The topological polar surface area (TPSA) is 88.1 Å². The van der Waals surface area contributed by atoms with E-state index in [1.54, 1.807) is 0 Å². The third kappa shape index (κ3) is 7.83. The third-order valence-electron chi connectivity index (χ3n) is 4.15. The number of rotatable bonds is 8. The van der Waals surface area contributed by atoms with Gasteiger partial charge in [0.05, 0.1) is 12.6 Å². The molecule has 0 bridgehead atoms. The summed E-state index contributed by atoms with van der Waals surface area (Å²) in [5.74, 6) is 0.193. The van der Waals surface area contributed by atoms with Crippen LogP contribution in [-0.4, -0.2) is 35.0 Å². The van der Waals surface area contributed by atoms with Crippen molar-refractivity contribution in [3.05, 3.63) is 71.8 Å². The van der Waals surface area contributed by atoms with Crippen LogP contribution in [-0.2, 0) is 22.7 Å². The maximum absolute atomic E-state index is 12.6. The van der Waals surface area contributed by atoms with Crippen molar-refractivity contribution >= 4 is 12.2 Å². The Kier molecular flexibility index (Phi) is 8.98. The van der Waals surface area contributed by atoms with Crippen molar-refractivity contribution in [1.82, 2.24) is 10.4 Å². The average molecular weight is 400 g/mol. The molecule has 2 aromatic carbocycles. The minimum atomic E-state index is -0.798. The lowest BCUT2D eigenvalue weighted by Gasteiger charge is -2.30. The van der Waals surface area contributed by atoms with Gasteiger partial charge >= 0.3 is 12.2 Å². The SMILES string of the molecule is CC(C)C[C@@H](CO)N(NC(=O)OCc1ccccc1)C(=O)OCc1ccccc1. The second-order valence-corrected chi connectivity index (χ2v) is 7.05. The van der Waals surface area contributed by atoms with E-state index >= 15 is 0 Å². The largest absolute Gasteiger partial charge is 0.443 e. The molecule has 0 aromatic heterocycles. The van der Waals surface area contributed by atoms with E-state index in [1.807, 2.05) is 74.5 Å². The van der Waals surface area contributed by atoms with Gasteiger partial charge in [0.1, 0.15) is 13.2 Å². The van der Waals surface area contributed by atoms with E-state index in [0.29, 0.717) is 6.42 Å². The molecule has 2 rings (SSSR count). The Balaban J connectivity index is 2.00. The van der Waals surface area contributed by atoms with Crippen LogP contribution in [0.15, 0.2) is 60.7 Å². The number of carbonyl (C=O) groups is 2. The van der Waals surface area contributed by atoms with E-state index in [4.69, 9.17) is 9.47 Å². The van der Waals surface area contributed by atoms with E-state index < -0.39 is 18.2 Å². The molecule has 0 heterocycles. The minimum Gasteiger partial charge on any atom is -0.443 e. The Hall–Kier alpha value is -3.06. The average Bonchev–Trinajstić information content (AvgIpc) is 2.74. The lowest BCUT2D eigenvalue weighted by atomic mass is 10.0. The van der Waals surface area contributed by atoms with Gasteiger partial charge in [-0.2, -0.15) is 0 Å². The second kappa shape index (κ2) is 11.7. The zero-order valence-electron chi connectivity index (χ0n) is 16.8. The van der Waals surface area contributed by atoms with Crippen LogP contribution >= 0.6 is 0 Å². The van der Waals surface area contributed by atoms with Gasteiger partial charge in [-0.25, -0.2) is 20.0 Å². The quantitative estimate of drug-likeness (QED) is 0.657. The third-order valence-corrected chi connectivity index (χ3v) is 4.15. The van der Waals surface area contributed by atoms with Crippen molar-refractivity contribution in [3.8, 4) is 0 Å². The summed E-state index contributed by atoms with van der Waals surface area (Å²) in [5, 5.41) is 10.8. The minimum absolute atomic E-state index is 0.0523. The van der Waals surface area contributed by atoms with E-state index in [-0.39, 0.29) is 25.7 Å². The predicted octanol–water partition coefficient (Wildman–Crippen LogP) is 3.87. The first-order valence-corrected chi connectivity index (χ1v) is 9.57. The van der Waals surface area contributed by atoms with Crippen molar-refractivity contribution in [2.75, 3.05) is 6.61 Å². The lowest BCUT2D eigenvalue weighted by Crippen LogP contribution is -2.54. The number of aliphatic hydroxyl groups is 1. The number of nitrogens with zero attached hydrogens (tertiary/aromatic N) is 1. The summed E-state index contributed by atoms with van der Waals surface area (Å²) in [6.45, 7) is 3.72. The number of ether oxygens (including phenoxy) is 2. The first kappa shape index (κ1) is 22.2. The van der Waals surface area contributed by atoms with Gasteiger partial charge in [-0.05, 0) is 23.5 Å². The highest BCUT2D eigenvalue weighted by atomic mass is 16.6. The number of benzene rings is 2. The second-order valence-electron chi connectivity index (χ2n) is 7.05. The van der Waals surface area contributed by atoms with Crippen molar-refractivity contribution < 1.29 is 24.2 Å². The van der Waals surface area contributed by atoms with E-state index in [0.717, 1.165) is 16.1 Å². The van der Waals surface area contributed by atoms with Crippen LogP contribution < -0.4 is 5.43 Å². The molecule has 2 N–H and O–H groups in total. The number of hydrazine groups is 1. The van der Waals surface area contributed by atoms with Crippen molar-refractivity contribution in [2.24, 2.45) is 5.92 Å². The Morgan fingerprint density at radius 1 is 0.931 bits per heavy atom. The summed E-state index contributed by atoms with van der Waals surface area (Å²) in [4.78, 5) is 24.9. The van der Waals surface area contributed by atoms with E-state index in [9.17, 15) is 14.7 Å². The van der Waals surface area contributed by atoms with Crippen LogP contribution in [0.3, 0.4) is 0 Å². The maximum Gasteiger partial charge on any atom is 0.429 e. The molecule has 29 heavy (non-hydrogen) atoms. The number of hydrogen-bond acceptors (Lipinski definition) is 5. The number of amides is 2. The molecule has 0 spiro atoms. The highest BCUT2D eigenvalue weighted by Crippen LogP contribution is 2.13. The van der Waals surface area contributed by atoms with Crippen LogP contribution in [0.4, 0.5) is 9.59 Å². The van der Waals surface area contributed by atoms with Gasteiger partial charge in [0, 0.05) is 0 Å². The fourth-order valence-corrected chi connectivity index (χ4v) is 2.73. The van der Waals surface area contributed by atoms with Crippen LogP contribution in [0, 0.1) is 5.92 Å². The Morgan fingerprint density at radius 3 is 1.93 bits per heavy atom.